The van der Waals surface area contributed by atoms with E-state index in [-0.39, 0.29) is 17.1 Å². The largest absolute Gasteiger partial charge is 0.494 e. The molecule has 0 radical (unpaired) electrons. The molecule has 4 nitrogen and oxygen atoms in total. The first kappa shape index (κ1) is 15.8. The van der Waals surface area contributed by atoms with Crippen LogP contribution in [-0.2, 0) is 11.3 Å². The number of rotatable bonds is 4. The number of hydrogen-bond donors (Lipinski definition) is 1. The van der Waals surface area contributed by atoms with E-state index in [1.54, 1.807) is 24.1 Å². The Morgan fingerprint density at radius 2 is 2.29 bits per heavy atom. The monoisotopic (exact) mass is 294 g/mol. The number of hydrogen-bond acceptors (Lipinski definition) is 3. The van der Waals surface area contributed by atoms with Crippen molar-refractivity contribution in [1.29, 1.82) is 0 Å². The van der Waals surface area contributed by atoms with Gasteiger partial charge in [0.05, 0.1) is 12.5 Å². The van der Waals surface area contributed by atoms with Gasteiger partial charge >= 0.3 is 0 Å². The fourth-order valence-electron chi connectivity index (χ4n) is 2.85. The normalized spacial score (nSPS) is 21.9. The first-order valence-electron chi connectivity index (χ1n) is 7.25. The van der Waals surface area contributed by atoms with Gasteiger partial charge in [0.25, 0.3) is 0 Å². The van der Waals surface area contributed by atoms with Crippen molar-refractivity contribution in [2.24, 2.45) is 5.41 Å². The zero-order chi connectivity index (χ0) is 15.5. The van der Waals surface area contributed by atoms with Crippen molar-refractivity contribution in [1.82, 2.24) is 10.2 Å². The zero-order valence-corrected chi connectivity index (χ0v) is 12.9. The Morgan fingerprint density at radius 3 is 2.86 bits per heavy atom. The SMILES string of the molecule is COc1ccc(CN(C)C(=O)C2(C)CCCNC2)cc1F. The predicted molar refractivity (Wildman–Crippen MR) is 79.6 cm³/mol. The van der Waals surface area contributed by atoms with E-state index in [0.29, 0.717) is 13.1 Å². The van der Waals surface area contributed by atoms with Crippen LogP contribution in [0.1, 0.15) is 25.3 Å². The zero-order valence-electron chi connectivity index (χ0n) is 12.9. The molecule has 1 heterocycles. The molecule has 0 aliphatic carbocycles. The Bertz CT molecular complexity index is 513. The molecule has 1 atom stereocenters. The topological polar surface area (TPSA) is 41.6 Å². The van der Waals surface area contributed by atoms with E-state index in [1.807, 2.05) is 6.92 Å². The second-order valence-electron chi connectivity index (χ2n) is 5.97. The molecule has 0 bridgehead atoms. The Balaban J connectivity index is 2.05. The van der Waals surface area contributed by atoms with Crippen molar-refractivity contribution in [3.8, 4) is 5.75 Å². The van der Waals surface area contributed by atoms with Gasteiger partial charge in [0.2, 0.25) is 5.91 Å². The standard InChI is InChI=1S/C16H23FN2O2/c1-16(7-4-8-18-11-16)15(20)19(2)10-12-5-6-14(21-3)13(17)9-12/h5-6,9,18H,4,7-8,10-11H2,1-3H3. The Labute approximate surface area is 125 Å². The maximum Gasteiger partial charge on any atom is 0.229 e. The summed E-state index contributed by atoms with van der Waals surface area (Å²) in [6.45, 7) is 4.06. The van der Waals surface area contributed by atoms with Crippen LogP contribution in [0.2, 0.25) is 0 Å². The van der Waals surface area contributed by atoms with Crippen molar-refractivity contribution in [3.63, 3.8) is 0 Å². The Kier molecular flexibility index (Phi) is 4.83. The maximum atomic E-state index is 13.7. The van der Waals surface area contributed by atoms with Gasteiger partial charge in [-0.2, -0.15) is 0 Å². The molecule has 0 spiro atoms. The van der Waals surface area contributed by atoms with Crippen LogP contribution in [0.25, 0.3) is 0 Å². The summed E-state index contributed by atoms with van der Waals surface area (Å²) >= 11 is 0. The minimum absolute atomic E-state index is 0.103. The lowest BCUT2D eigenvalue weighted by molar-refractivity contribution is -0.141. The van der Waals surface area contributed by atoms with Crippen LogP contribution in [0.3, 0.4) is 0 Å². The highest BCUT2D eigenvalue weighted by molar-refractivity contribution is 5.82. The average molecular weight is 294 g/mol. The molecular formula is C16H23FN2O2. The number of methoxy groups -OCH3 is 1. The molecule has 1 unspecified atom stereocenters. The molecule has 0 saturated carbocycles. The van der Waals surface area contributed by atoms with E-state index < -0.39 is 5.82 Å². The highest BCUT2D eigenvalue weighted by Gasteiger charge is 2.36. The summed E-state index contributed by atoms with van der Waals surface area (Å²) in [4.78, 5) is 14.3. The van der Waals surface area contributed by atoms with E-state index in [2.05, 4.69) is 5.32 Å². The third kappa shape index (κ3) is 3.53. The average Bonchev–Trinajstić information content (AvgIpc) is 2.47. The van der Waals surface area contributed by atoms with Gasteiger partial charge in [0, 0.05) is 20.1 Å². The molecule has 5 heteroatoms. The molecule has 1 aliphatic heterocycles. The summed E-state index contributed by atoms with van der Waals surface area (Å²) in [6, 6.07) is 4.80. The number of benzene rings is 1. The van der Waals surface area contributed by atoms with Crippen LogP contribution in [0.4, 0.5) is 4.39 Å². The summed E-state index contributed by atoms with van der Waals surface area (Å²) < 4.78 is 18.6. The van der Waals surface area contributed by atoms with Gasteiger partial charge < -0.3 is 15.0 Å². The number of carbonyl (C=O) groups is 1. The van der Waals surface area contributed by atoms with Crippen molar-refractivity contribution < 1.29 is 13.9 Å². The number of halogens is 1. The van der Waals surface area contributed by atoms with Crippen molar-refractivity contribution in [2.75, 3.05) is 27.2 Å². The number of ether oxygens (including phenoxy) is 1. The van der Waals surface area contributed by atoms with Crippen molar-refractivity contribution in [2.45, 2.75) is 26.3 Å². The van der Waals surface area contributed by atoms with E-state index in [0.717, 1.165) is 24.9 Å². The lowest BCUT2D eigenvalue weighted by Crippen LogP contribution is -2.48. The molecule has 116 valence electrons. The highest BCUT2D eigenvalue weighted by Crippen LogP contribution is 2.28. The number of piperidine rings is 1. The van der Waals surface area contributed by atoms with Gasteiger partial charge in [-0.05, 0) is 44.0 Å². The van der Waals surface area contributed by atoms with Gasteiger partial charge in [-0.1, -0.05) is 6.07 Å². The summed E-state index contributed by atoms with van der Waals surface area (Å²) in [7, 11) is 3.20. The van der Waals surface area contributed by atoms with E-state index in [1.165, 1.54) is 13.2 Å². The summed E-state index contributed by atoms with van der Waals surface area (Å²) in [5.41, 5.74) is 0.398. The molecule has 1 aromatic carbocycles. The molecule has 0 aromatic heterocycles. The fourth-order valence-corrected chi connectivity index (χ4v) is 2.85. The Morgan fingerprint density at radius 1 is 1.52 bits per heavy atom. The molecule has 1 aromatic rings. The molecule has 1 fully saturated rings. The fraction of sp³-hybridized carbons (Fsp3) is 0.562. The molecule has 2 rings (SSSR count). The smallest absolute Gasteiger partial charge is 0.229 e. The first-order chi connectivity index (χ1) is 9.96. The maximum absolute atomic E-state index is 13.7. The van der Waals surface area contributed by atoms with E-state index in [9.17, 15) is 9.18 Å². The molecule has 1 N–H and O–H groups in total. The third-order valence-corrected chi connectivity index (χ3v) is 4.10. The predicted octanol–water partition coefficient (Wildman–Crippen LogP) is 2.18. The van der Waals surface area contributed by atoms with Crippen molar-refractivity contribution in [3.05, 3.63) is 29.6 Å². The van der Waals surface area contributed by atoms with Gasteiger partial charge in [-0.25, -0.2) is 4.39 Å². The molecule has 1 saturated heterocycles. The Hall–Kier alpha value is -1.62. The first-order valence-corrected chi connectivity index (χ1v) is 7.25. The van der Waals surface area contributed by atoms with Gasteiger partial charge in [0.15, 0.2) is 11.6 Å². The van der Waals surface area contributed by atoms with Gasteiger partial charge in [0.1, 0.15) is 0 Å². The summed E-state index contributed by atoms with van der Waals surface area (Å²) in [6.07, 6.45) is 1.90. The molecular weight excluding hydrogens is 271 g/mol. The minimum Gasteiger partial charge on any atom is -0.494 e. The van der Waals surface area contributed by atoms with E-state index in [4.69, 9.17) is 4.74 Å². The second-order valence-corrected chi connectivity index (χ2v) is 5.97. The van der Waals surface area contributed by atoms with Crippen LogP contribution in [-0.4, -0.2) is 38.1 Å². The molecule has 1 aliphatic rings. The number of nitrogens with one attached hydrogen (secondary N) is 1. The second kappa shape index (κ2) is 6.43. The number of amides is 1. The lowest BCUT2D eigenvalue weighted by atomic mass is 9.81. The van der Waals surface area contributed by atoms with Gasteiger partial charge in [-0.3, -0.25) is 4.79 Å². The number of nitrogens with zero attached hydrogens (tertiary/aromatic N) is 1. The van der Waals surface area contributed by atoms with Crippen LogP contribution < -0.4 is 10.1 Å². The highest BCUT2D eigenvalue weighted by atomic mass is 19.1. The van der Waals surface area contributed by atoms with Crippen LogP contribution >= 0.6 is 0 Å². The minimum atomic E-state index is -0.401. The lowest BCUT2D eigenvalue weighted by Gasteiger charge is -2.36. The molecule has 21 heavy (non-hydrogen) atoms. The van der Waals surface area contributed by atoms with Crippen LogP contribution in [0.5, 0.6) is 5.75 Å². The van der Waals surface area contributed by atoms with Crippen LogP contribution in [0.15, 0.2) is 18.2 Å². The molecule has 1 amide bonds. The van der Waals surface area contributed by atoms with Crippen LogP contribution in [0, 0.1) is 11.2 Å². The van der Waals surface area contributed by atoms with Crippen molar-refractivity contribution >= 4 is 5.91 Å². The van der Waals surface area contributed by atoms with E-state index >= 15 is 0 Å². The summed E-state index contributed by atoms with van der Waals surface area (Å²) in [5.74, 6) is -0.0801. The van der Waals surface area contributed by atoms with Gasteiger partial charge in [-0.15, -0.1) is 0 Å². The number of carbonyl (C=O) groups excluding carboxylic acids is 1. The quantitative estimate of drug-likeness (QED) is 0.925. The summed E-state index contributed by atoms with van der Waals surface area (Å²) in [5, 5.41) is 3.28. The third-order valence-electron chi connectivity index (χ3n) is 4.10.